The van der Waals surface area contributed by atoms with Gasteiger partial charge in [0.2, 0.25) is 17.6 Å². The van der Waals surface area contributed by atoms with Crippen molar-refractivity contribution in [1.29, 1.82) is 0 Å². The summed E-state index contributed by atoms with van der Waals surface area (Å²) in [6.07, 6.45) is 0. The van der Waals surface area contributed by atoms with Crippen LogP contribution in [0.15, 0.2) is 42.5 Å². The number of aromatic carboxylic acids is 2. The van der Waals surface area contributed by atoms with Gasteiger partial charge < -0.3 is 21.7 Å². The van der Waals surface area contributed by atoms with Crippen molar-refractivity contribution in [2.75, 3.05) is 0 Å². The zero-order valence-electron chi connectivity index (χ0n) is 21.1. The van der Waals surface area contributed by atoms with E-state index in [0.29, 0.717) is 0 Å². The highest BCUT2D eigenvalue weighted by Gasteiger charge is 2.32. The number of primary amides is 2. The van der Waals surface area contributed by atoms with E-state index in [1.54, 1.807) is 0 Å². The van der Waals surface area contributed by atoms with Gasteiger partial charge in [-0.15, -0.1) is 0 Å². The van der Waals surface area contributed by atoms with E-state index in [2.05, 4.69) is 0 Å². The lowest BCUT2D eigenvalue weighted by Gasteiger charge is -2.22. The Morgan fingerprint density at radius 3 is 1.40 bits per heavy atom. The molecule has 0 saturated heterocycles. The molecule has 0 aliphatic heterocycles. The third-order valence-electron chi connectivity index (χ3n) is 7.47. The molecule has 214 valence electrons. The molecule has 13 heteroatoms. The molecular formula is C30H13F5N2O6. The van der Waals surface area contributed by atoms with Crippen molar-refractivity contribution in [2.24, 2.45) is 11.5 Å². The van der Waals surface area contributed by atoms with E-state index in [1.165, 1.54) is 18.2 Å². The van der Waals surface area contributed by atoms with Crippen molar-refractivity contribution in [3.05, 3.63) is 93.8 Å². The predicted molar refractivity (Wildman–Crippen MR) is 144 cm³/mol. The van der Waals surface area contributed by atoms with Gasteiger partial charge >= 0.3 is 11.9 Å². The topological polar surface area (TPSA) is 161 Å². The molecular weight excluding hydrogens is 579 g/mol. The fourth-order valence-corrected chi connectivity index (χ4v) is 5.79. The van der Waals surface area contributed by atoms with Crippen LogP contribution in [0.2, 0.25) is 0 Å². The summed E-state index contributed by atoms with van der Waals surface area (Å²) < 4.78 is 73.6. The monoisotopic (exact) mass is 592 g/mol. The lowest BCUT2D eigenvalue weighted by molar-refractivity contribution is 0.0695. The van der Waals surface area contributed by atoms with Crippen LogP contribution < -0.4 is 11.5 Å². The molecule has 0 aromatic heterocycles. The summed E-state index contributed by atoms with van der Waals surface area (Å²) in [6, 6.07) is 7.87. The number of hydrogen-bond donors (Lipinski definition) is 4. The van der Waals surface area contributed by atoms with Crippen molar-refractivity contribution in [3.63, 3.8) is 0 Å². The zero-order valence-corrected chi connectivity index (χ0v) is 21.1. The second-order valence-electron chi connectivity index (χ2n) is 9.61. The molecule has 2 amide bonds. The number of carboxylic acid groups (broad SMARTS) is 2. The summed E-state index contributed by atoms with van der Waals surface area (Å²) in [5.74, 6) is -16.9. The Bertz CT molecular complexity index is 2270. The average molecular weight is 592 g/mol. The van der Waals surface area contributed by atoms with Crippen LogP contribution in [0, 0.1) is 29.1 Å². The molecule has 0 radical (unpaired) electrons. The molecule has 8 nitrogen and oxygen atoms in total. The maximum atomic E-state index is 15.3. The minimum atomic E-state index is -2.44. The van der Waals surface area contributed by atoms with Crippen LogP contribution >= 0.6 is 0 Å². The highest BCUT2D eigenvalue weighted by atomic mass is 19.2. The first kappa shape index (κ1) is 27.3. The Hall–Kier alpha value is -5.85. The number of fused-ring (bicyclic) bond motifs is 2. The molecule has 0 heterocycles. The number of nitrogens with two attached hydrogens (primary N) is 2. The summed E-state index contributed by atoms with van der Waals surface area (Å²) in [5.41, 5.74) is 7.22. The maximum absolute atomic E-state index is 15.3. The van der Waals surface area contributed by atoms with Gasteiger partial charge in [0.15, 0.2) is 23.3 Å². The molecule has 0 fully saturated rings. The van der Waals surface area contributed by atoms with Crippen molar-refractivity contribution in [3.8, 4) is 11.1 Å². The molecule has 43 heavy (non-hydrogen) atoms. The summed E-state index contributed by atoms with van der Waals surface area (Å²) >= 11 is 0. The summed E-state index contributed by atoms with van der Waals surface area (Å²) in [7, 11) is 0. The zero-order chi connectivity index (χ0) is 31.2. The number of benzene rings is 6. The first-order valence-electron chi connectivity index (χ1n) is 12.1. The van der Waals surface area contributed by atoms with Crippen LogP contribution in [-0.4, -0.2) is 34.0 Å². The summed E-state index contributed by atoms with van der Waals surface area (Å²) in [5, 5.41) is 19.0. The Kier molecular flexibility index (Phi) is 5.77. The van der Waals surface area contributed by atoms with Crippen molar-refractivity contribution >= 4 is 66.8 Å². The quantitative estimate of drug-likeness (QED) is 0.0661. The number of carbonyl (C=O) groups is 4. The largest absolute Gasteiger partial charge is 0.478 e. The number of halogens is 5. The lowest BCUT2D eigenvalue weighted by atomic mass is 9.81. The van der Waals surface area contributed by atoms with Crippen LogP contribution in [-0.2, 0) is 0 Å². The Labute approximate surface area is 234 Å². The van der Waals surface area contributed by atoms with E-state index in [1.807, 2.05) is 0 Å². The van der Waals surface area contributed by atoms with Gasteiger partial charge in [0, 0.05) is 21.9 Å². The predicted octanol–water partition coefficient (Wildman–Crippen LogP) is 5.69. The number of carboxylic acids is 2. The molecule has 6 aromatic carbocycles. The van der Waals surface area contributed by atoms with Crippen molar-refractivity contribution in [1.82, 2.24) is 0 Å². The van der Waals surface area contributed by atoms with Crippen LogP contribution in [0.1, 0.15) is 41.4 Å². The van der Waals surface area contributed by atoms with Gasteiger partial charge in [0.25, 0.3) is 0 Å². The summed E-state index contributed by atoms with van der Waals surface area (Å²) in [4.78, 5) is 49.5. The molecule has 0 spiro atoms. The van der Waals surface area contributed by atoms with Gasteiger partial charge in [0.05, 0.1) is 16.7 Å². The van der Waals surface area contributed by atoms with Crippen LogP contribution in [0.4, 0.5) is 22.0 Å². The fourth-order valence-electron chi connectivity index (χ4n) is 5.79. The highest BCUT2D eigenvalue weighted by Crippen LogP contribution is 2.48. The Morgan fingerprint density at radius 2 is 0.907 bits per heavy atom. The maximum Gasteiger partial charge on any atom is 0.336 e. The van der Waals surface area contributed by atoms with Gasteiger partial charge in [-0.2, -0.15) is 0 Å². The van der Waals surface area contributed by atoms with E-state index in [4.69, 9.17) is 11.5 Å². The molecule has 0 unspecified atom stereocenters. The fraction of sp³-hybridized carbons (Fsp3) is 0. The Balaban J connectivity index is 2.06. The van der Waals surface area contributed by atoms with Gasteiger partial charge in [0.1, 0.15) is 0 Å². The third kappa shape index (κ3) is 3.54. The molecule has 0 aliphatic carbocycles. The molecule has 6 rings (SSSR count). The lowest BCUT2D eigenvalue weighted by Crippen LogP contribution is -2.17. The summed E-state index contributed by atoms with van der Waals surface area (Å²) in [6.45, 7) is 0. The molecule has 0 atom stereocenters. The first-order chi connectivity index (χ1) is 20.3. The first-order valence-corrected chi connectivity index (χ1v) is 12.1. The SMILES string of the molecule is NC(=O)c1ccc2c3ccc(C(=O)O)c4c(C(=O)O)ccc(c5c(-c6c(F)c(F)c(F)c(F)c6F)cc(C(N)=O)c1c25)c43. The van der Waals surface area contributed by atoms with Crippen LogP contribution in [0.25, 0.3) is 54.2 Å². The van der Waals surface area contributed by atoms with E-state index in [-0.39, 0.29) is 48.7 Å². The van der Waals surface area contributed by atoms with Crippen LogP contribution in [0.3, 0.4) is 0 Å². The van der Waals surface area contributed by atoms with Crippen LogP contribution in [0.5, 0.6) is 0 Å². The number of hydrogen-bond acceptors (Lipinski definition) is 4. The minimum absolute atomic E-state index is 0.0441. The number of carbonyl (C=O) groups excluding carboxylic acids is 2. The molecule has 0 bridgehead atoms. The van der Waals surface area contributed by atoms with E-state index < -0.39 is 80.7 Å². The van der Waals surface area contributed by atoms with Crippen molar-refractivity contribution in [2.45, 2.75) is 0 Å². The number of rotatable bonds is 5. The average Bonchev–Trinajstić information content (AvgIpc) is 2.96. The second-order valence-corrected chi connectivity index (χ2v) is 9.61. The van der Waals surface area contributed by atoms with Gasteiger partial charge in [-0.1, -0.05) is 18.2 Å². The second kappa shape index (κ2) is 9.08. The molecule has 6 aromatic rings. The molecule has 0 saturated carbocycles. The smallest absolute Gasteiger partial charge is 0.336 e. The van der Waals surface area contributed by atoms with E-state index >= 15 is 8.78 Å². The Morgan fingerprint density at radius 1 is 0.488 bits per heavy atom. The van der Waals surface area contributed by atoms with E-state index in [9.17, 15) is 42.6 Å². The van der Waals surface area contributed by atoms with Gasteiger partial charge in [-0.25, -0.2) is 31.5 Å². The highest BCUT2D eigenvalue weighted by molar-refractivity contribution is 6.40. The van der Waals surface area contributed by atoms with E-state index in [0.717, 1.165) is 24.3 Å². The molecule has 6 N–H and O–H groups in total. The molecule has 0 aliphatic rings. The number of amides is 2. The van der Waals surface area contributed by atoms with Gasteiger partial charge in [-0.05, 0) is 62.1 Å². The van der Waals surface area contributed by atoms with Crippen molar-refractivity contribution < 1.29 is 51.3 Å². The minimum Gasteiger partial charge on any atom is -0.478 e. The third-order valence-corrected chi connectivity index (χ3v) is 7.47. The standard InChI is InChI=1S/C30H13F5N2O6/c31-22-21(23(32)25(34)26(35)24(22)33)14-7-15(28(37)39)18-11(27(36)38)4-1-9-8-2-5-12(29(40)41)19-13(30(42)43)6-3-10(16(8)19)17(14)20(9)18/h1-7H,(H2,36,38)(H2,37,39)(H,40,41)(H,42,43). The normalized spacial score (nSPS) is 11.7. The van der Waals surface area contributed by atoms with Gasteiger partial charge in [-0.3, -0.25) is 9.59 Å².